The second kappa shape index (κ2) is 8.90. The molecule has 6 aromatic rings. The molecule has 3 aromatic carbocycles. The van der Waals surface area contributed by atoms with Gasteiger partial charge >= 0.3 is 0 Å². The molecule has 0 atom stereocenters. The minimum absolute atomic E-state index is 0.0551. The lowest BCUT2D eigenvalue weighted by Crippen LogP contribution is -1.99. The van der Waals surface area contributed by atoms with Gasteiger partial charge in [0.25, 0.3) is 0 Å². The monoisotopic (exact) mass is 496 g/mol. The van der Waals surface area contributed by atoms with Crippen LogP contribution < -0.4 is 5.32 Å². The highest BCUT2D eigenvalue weighted by molar-refractivity contribution is 7.99. The molecule has 35 heavy (non-hydrogen) atoms. The van der Waals surface area contributed by atoms with Crippen molar-refractivity contribution in [2.24, 2.45) is 0 Å². The summed E-state index contributed by atoms with van der Waals surface area (Å²) < 4.78 is 1.62. The summed E-state index contributed by atoms with van der Waals surface area (Å²) >= 11 is 7.58. The average Bonchev–Trinajstić information content (AvgIpc) is 3.27. The fourth-order valence-electron chi connectivity index (χ4n) is 3.82. The molecule has 0 aliphatic heterocycles. The van der Waals surface area contributed by atoms with E-state index in [4.69, 9.17) is 11.6 Å². The predicted octanol–water partition coefficient (Wildman–Crippen LogP) is 6.59. The molecular formula is C26H17ClN6OS. The molecule has 0 amide bonds. The Hall–Kier alpha value is -4.14. The standard InChI is InChI=1S/C26H17ClN6OS/c27-17-7-5-16(6-8-17)25-20-3-1-2-4-21(20)26(31-30-25)29-18-9-11-19(12-10-18)35-24-13-14-28-22-15-23(34)32-33(22)24/h1-15H,(H,29,31)(H,32,34). The van der Waals surface area contributed by atoms with E-state index < -0.39 is 0 Å². The molecule has 0 radical (unpaired) electrons. The van der Waals surface area contributed by atoms with Gasteiger partial charge in [0.15, 0.2) is 11.5 Å². The van der Waals surface area contributed by atoms with E-state index in [2.05, 4.69) is 25.6 Å². The van der Waals surface area contributed by atoms with Crippen LogP contribution in [-0.2, 0) is 0 Å². The lowest BCUT2D eigenvalue weighted by atomic mass is 10.0. The Morgan fingerprint density at radius 1 is 0.857 bits per heavy atom. The summed E-state index contributed by atoms with van der Waals surface area (Å²) in [6.45, 7) is 0. The molecule has 0 aliphatic rings. The molecule has 170 valence electrons. The molecule has 2 N–H and O–H groups in total. The first kappa shape index (κ1) is 21.4. The van der Waals surface area contributed by atoms with Gasteiger partial charge in [0.2, 0.25) is 5.88 Å². The molecule has 0 bridgehead atoms. The summed E-state index contributed by atoms with van der Waals surface area (Å²) in [4.78, 5) is 5.24. The smallest absolute Gasteiger partial charge is 0.233 e. The van der Waals surface area contributed by atoms with E-state index >= 15 is 0 Å². The number of fused-ring (bicyclic) bond motifs is 2. The molecule has 6 rings (SSSR count). The van der Waals surface area contributed by atoms with Crippen molar-refractivity contribution in [2.75, 3.05) is 5.32 Å². The number of benzene rings is 3. The van der Waals surface area contributed by atoms with Gasteiger partial charge < -0.3 is 10.4 Å². The Bertz CT molecular complexity index is 1670. The van der Waals surface area contributed by atoms with Crippen molar-refractivity contribution < 1.29 is 5.11 Å². The van der Waals surface area contributed by atoms with E-state index in [1.807, 2.05) is 78.9 Å². The lowest BCUT2D eigenvalue weighted by molar-refractivity contribution is 0.447. The van der Waals surface area contributed by atoms with Crippen LogP contribution in [0.25, 0.3) is 27.7 Å². The summed E-state index contributed by atoms with van der Waals surface area (Å²) in [5.74, 6) is 0.627. The minimum Gasteiger partial charge on any atom is -0.492 e. The van der Waals surface area contributed by atoms with E-state index in [0.717, 1.165) is 37.6 Å². The number of nitrogens with one attached hydrogen (secondary N) is 1. The van der Waals surface area contributed by atoms with Crippen molar-refractivity contribution in [3.63, 3.8) is 0 Å². The maximum atomic E-state index is 9.69. The normalized spacial score (nSPS) is 11.2. The molecule has 0 aliphatic carbocycles. The van der Waals surface area contributed by atoms with Crippen LogP contribution in [0.2, 0.25) is 5.02 Å². The molecule has 3 heterocycles. The third-order valence-corrected chi connectivity index (χ3v) is 6.73. The van der Waals surface area contributed by atoms with Crippen LogP contribution in [0.4, 0.5) is 11.5 Å². The zero-order valence-corrected chi connectivity index (χ0v) is 19.7. The van der Waals surface area contributed by atoms with Crippen LogP contribution in [0, 0.1) is 0 Å². The van der Waals surface area contributed by atoms with Crippen molar-refractivity contribution in [3.8, 4) is 17.1 Å². The van der Waals surface area contributed by atoms with E-state index in [-0.39, 0.29) is 5.88 Å². The third-order valence-electron chi connectivity index (χ3n) is 5.45. The zero-order chi connectivity index (χ0) is 23.8. The van der Waals surface area contributed by atoms with E-state index in [1.165, 1.54) is 17.8 Å². The number of rotatable bonds is 5. The van der Waals surface area contributed by atoms with Crippen molar-refractivity contribution in [3.05, 3.63) is 96.1 Å². The fraction of sp³-hybridized carbons (Fsp3) is 0. The van der Waals surface area contributed by atoms with Gasteiger partial charge in [-0.25, -0.2) is 9.50 Å². The number of anilines is 2. The van der Waals surface area contributed by atoms with Gasteiger partial charge in [-0.3, -0.25) is 0 Å². The molecule has 0 saturated heterocycles. The Labute approximate surface area is 209 Å². The second-order valence-electron chi connectivity index (χ2n) is 7.76. The lowest BCUT2D eigenvalue weighted by Gasteiger charge is -2.12. The number of hydrogen-bond donors (Lipinski definition) is 2. The van der Waals surface area contributed by atoms with Crippen molar-refractivity contribution in [1.82, 2.24) is 24.8 Å². The number of aromatic nitrogens is 5. The SMILES string of the molecule is Oc1cc2nccc(Sc3ccc(Nc4nnc(-c5ccc(Cl)cc5)c5ccccc45)cc3)n2n1. The Morgan fingerprint density at radius 3 is 2.43 bits per heavy atom. The van der Waals surface area contributed by atoms with E-state index in [0.29, 0.717) is 16.5 Å². The van der Waals surface area contributed by atoms with Crippen LogP contribution >= 0.6 is 23.4 Å². The number of nitrogens with zero attached hydrogens (tertiary/aromatic N) is 5. The Morgan fingerprint density at radius 2 is 1.63 bits per heavy atom. The van der Waals surface area contributed by atoms with Crippen molar-refractivity contribution >= 4 is 51.3 Å². The van der Waals surface area contributed by atoms with Gasteiger partial charge in [-0.05, 0) is 42.5 Å². The van der Waals surface area contributed by atoms with Gasteiger partial charge in [-0.2, -0.15) is 0 Å². The number of hydrogen-bond acceptors (Lipinski definition) is 7. The predicted molar refractivity (Wildman–Crippen MR) is 138 cm³/mol. The van der Waals surface area contributed by atoms with Gasteiger partial charge in [0, 0.05) is 44.2 Å². The highest BCUT2D eigenvalue weighted by Gasteiger charge is 2.12. The highest BCUT2D eigenvalue weighted by Crippen LogP contribution is 2.33. The minimum atomic E-state index is -0.0551. The number of halogens is 1. The third kappa shape index (κ3) is 4.25. The molecule has 0 fully saturated rings. The van der Waals surface area contributed by atoms with Crippen molar-refractivity contribution in [2.45, 2.75) is 9.92 Å². The van der Waals surface area contributed by atoms with Gasteiger partial charge in [-0.1, -0.05) is 59.8 Å². The summed E-state index contributed by atoms with van der Waals surface area (Å²) in [7, 11) is 0. The summed E-state index contributed by atoms with van der Waals surface area (Å²) in [6, 6.07) is 27.1. The van der Waals surface area contributed by atoms with Gasteiger partial charge in [0.1, 0.15) is 10.7 Å². The molecule has 0 saturated carbocycles. The first-order valence-electron chi connectivity index (χ1n) is 10.7. The summed E-state index contributed by atoms with van der Waals surface area (Å²) in [5.41, 5.74) is 3.26. The molecule has 0 spiro atoms. The van der Waals surface area contributed by atoms with Crippen LogP contribution in [0.3, 0.4) is 0 Å². The van der Waals surface area contributed by atoms with E-state index in [1.54, 1.807) is 10.7 Å². The Balaban J connectivity index is 1.28. The topological polar surface area (TPSA) is 88.2 Å². The molecular weight excluding hydrogens is 480 g/mol. The summed E-state index contributed by atoms with van der Waals surface area (Å²) in [6.07, 6.45) is 1.70. The average molecular weight is 497 g/mol. The first-order chi connectivity index (χ1) is 17.1. The maximum absolute atomic E-state index is 9.69. The largest absolute Gasteiger partial charge is 0.492 e. The van der Waals surface area contributed by atoms with Gasteiger partial charge in [-0.15, -0.1) is 15.3 Å². The quantitative estimate of drug-likeness (QED) is 0.260. The molecule has 9 heteroatoms. The van der Waals surface area contributed by atoms with E-state index in [9.17, 15) is 5.11 Å². The van der Waals surface area contributed by atoms with Crippen LogP contribution in [0.15, 0.2) is 101 Å². The second-order valence-corrected chi connectivity index (χ2v) is 9.29. The highest BCUT2D eigenvalue weighted by atomic mass is 35.5. The fourth-order valence-corrected chi connectivity index (χ4v) is 4.81. The number of aromatic hydroxyl groups is 1. The summed E-state index contributed by atoms with van der Waals surface area (Å²) in [5, 5.41) is 29.7. The van der Waals surface area contributed by atoms with Crippen LogP contribution in [0.5, 0.6) is 5.88 Å². The first-order valence-corrected chi connectivity index (χ1v) is 11.9. The molecule has 7 nitrogen and oxygen atoms in total. The molecule has 3 aromatic heterocycles. The van der Waals surface area contributed by atoms with Gasteiger partial charge in [0.05, 0.1) is 0 Å². The zero-order valence-electron chi connectivity index (χ0n) is 18.1. The Kier molecular flexibility index (Phi) is 5.44. The van der Waals surface area contributed by atoms with Crippen LogP contribution in [-0.4, -0.2) is 29.9 Å². The van der Waals surface area contributed by atoms with Crippen LogP contribution in [0.1, 0.15) is 0 Å². The molecule has 0 unspecified atom stereocenters. The maximum Gasteiger partial charge on any atom is 0.233 e. The van der Waals surface area contributed by atoms with Crippen molar-refractivity contribution in [1.29, 1.82) is 0 Å².